The minimum atomic E-state index is -3.78. The molecule has 8 nitrogen and oxygen atoms in total. The van der Waals surface area contributed by atoms with Crippen LogP contribution in [0.3, 0.4) is 0 Å². The first-order chi connectivity index (χ1) is 13.7. The monoisotopic (exact) mass is 440 g/mol. The normalized spacial score (nSPS) is 14.6. The second-order valence-electron chi connectivity index (χ2n) is 6.69. The minimum Gasteiger partial charge on any atom is -0.497 e. The van der Waals surface area contributed by atoms with Crippen molar-refractivity contribution >= 4 is 20.0 Å². The van der Waals surface area contributed by atoms with Crippen molar-refractivity contribution in [2.45, 2.75) is 35.1 Å². The summed E-state index contributed by atoms with van der Waals surface area (Å²) >= 11 is 0. The highest BCUT2D eigenvalue weighted by atomic mass is 32.2. The van der Waals surface area contributed by atoms with E-state index in [1.54, 1.807) is 32.4 Å². The third-order valence-corrected chi connectivity index (χ3v) is 7.53. The zero-order valence-electron chi connectivity index (χ0n) is 16.2. The number of hydrogen-bond donors (Lipinski definition) is 2. The maximum Gasteiger partial charge on any atom is 0.240 e. The van der Waals surface area contributed by atoms with Crippen molar-refractivity contribution in [3.63, 3.8) is 0 Å². The Kier molecular flexibility index (Phi) is 6.47. The van der Waals surface area contributed by atoms with Crippen LogP contribution >= 0.6 is 0 Å². The quantitative estimate of drug-likeness (QED) is 0.581. The fourth-order valence-corrected chi connectivity index (χ4v) is 5.10. The van der Waals surface area contributed by atoms with Gasteiger partial charge < -0.3 is 9.47 Å². The SMILES string of the molecule is COc1ccc(OC)c(CCNS(=O)(=O)c2ccc(S(=O)(=O)NC3CC3)cc2)c1. The lowest BCUT2D eigenvalue weighted by Crippen LogP contribution is -2.27. The number of nitrogens with one attached hydrogen (secondary N) is 2. The third-order valence-electron chi connectivity index (χ3n) is 4.52. The van der Waals surface area contributed by atoms with Crippen LogP contribution in [0.4, 0.5) is 0 Å². The first-order valence-electron chi connectivity index (χ1n) is 9.08. The molecule has 10 heteroatoms. The Morgan fingerprint density at radius 1 is 0.897 bits per heavy atom. The van der Waals surface area contributed by atoms with Crippen molar-refractivity contribution in [1.29, 1.82) is 0 Å². The molecule has 0 aromatic heterocycles. The molecule has 2 aromatic rings. The van der Waals surface area contributed by atoms with Gasteiger partial charge in [-0.2, -0.15) is 0 Å². The fourth-order valence-electron chi connectivity index (χ4n) is 2.77. The average molecular weight is 441 g/mol. The maximum absolute atomic E-state index is 12.5. The summed E-state index contributed by atoms with van der Waals surface area (Å²) in [4.78, 5) is 0.0462. The molecule has 158 valence electrons. The summed E-state index contributed by atoms with van der Waals surface area (Å²) < 4.78 is 65.0. The lowest BCUT2D eigenvalue weighted by molar-refractivity contribution is 0.398. The number of ether oxygens (including phenoxy) is 2. The molecule has 0 aliphatic heterocycles. The highest BCUT2D eigenvalue weighted by Gasteiger charge is 2.28. The summed E-state index contributed by atoms with van der Waals surface area (Å²) in [6.45, 7) is 0.148. The Bertz CT molecular complexity index is 1060. The van der Waals surface area contributed by atoms with Crippen LogP contribution in [0.25, 0.3) is 0 Å². The first kappa shape index (κ1) is 21.6. The highest BCUT2D eigenvalue weighted by Crippen LogP contribution is 2.25. The molecule has 0 atom stereocenters. The molecule has 2 N–H and O–H groups in total. The van der Waals surface area contributed by atoms with Crippen LogP contribution < -0.4 is 18.9 Å². The van der Waals surface area contributed by atoms with Gasteiger partial charge in [0.2, 0.25) is 20.0 Å². The molecule has 1 saturated carbocycles. The van der Waals surface area contributed by atoms with E-state index >= 15 is 0 Å². The lowest BCUT2D eigenvalue weighted by atomic mass is 10.1. The number of methoxy groups -OCH3 is 2. The fraction of sp³-hybridized carbons (Fsp3) is 0.368. The standard InChI is InChI=1S/C19H24N2O6S2/c1-26-16-5-10-19(27-2)14(13-16)11-12-20-28(22,23)17-6-8-18(9-7-17)29(24,25)21-15-3-4-15/h5-10,13,15,20-21H,3-4,11-12H2,1-2H3. The molecule has 0 spiro atoms. The van der Waals surface area contributed by atoms with Crippen molar-refractivity contribution in [1.82, 2.24) is 9.44 Å². The molecule has 0 heterocycles. The van der Waals surface area contributed by atoms with E-state index in [2.05, 4.69) is 9.44 Å². The third kappa shape index (κ3) is 5.47. The van der Waals surface area contributed by atoms with Crippen LogP contribution in [0.5, 0.6) is 11.5 Å². The van der Waals surface area contributed by atoms with E-state index < -0.39 is 20.0 Å². The zero-order chi connectivity index (χ0) is 21.1. The Balaban J connectivity index is 1.65. The number of rotatable bonds is 10. The maximum atomic E-state index is 12.5. The van der Waals surface area contributed by atoms with Crippen molar-refractivity contribution in [2.75, 3.05) is 20.8 Å². The van der Waals surface area contributed by atoms with Gasteiger partial charge in [0.25, 0.3) is 0 Å². The van der Waals surface area contributed by atoms with Crippen LogP contribution in [0.2, 0.25) is 0 Å². The Morgan fingerprint density at radius 2 is 1.52 bits per heavy atom. The molecule has 2 aromatic carbocycles. The first-order valence-corrected chi connectivity index (χ1v) is 12.0. The van der Waals surface area contributed by atoms with Crippen LogP contribution in [0.1, 0.15) is 18.4 Å². The number of benzene rings is 2. The topological polar surface area (TPSA) is 111 Å². The van der Waals surface area contributed by atoms with Crippen LogP contribution in [0, 0.1) is 0 Å². The van der Waals surface area contributed by atoms with Gasteiger partial charge in [0, 0.05) is 12.6 Å². The van der Waals surface area contributed by atoms with E-state index in [9.17, 15) is 16.8 Å². The second-order valence-corrected chi connectivity index (χ2v) is 10.2. The minimum absolute atomic E-state index is 0.000444. The second kappa shape index (κ2) is 8.70. The van der Waals surface area contributed by atoms with Gasteiger partial charge in [-0.15, -0.1) is 0 Å². The molecule has 0 amide bonds. The molecule has 1 aliphatic carbocycles. The van der Waals surface area contributed by atoms with Gasteiger partial charge in [0.15, 0.2) is 0 Å². The van der Waals surface area contributed by atoms with Gasteiger partial charge in [0.1, 0.15) is 11.5 Å². The van der Waals surface area contributed by atoms with Crippen molar-refractivity contribution in [3.05, 3.63) is 48.0 Å². The number of sulfonamides is 2. The van der Waals surface area contributed by atoms with Gasteiger partial charge in [-0.3, -0.25) is 0 Å². The van der Waals surface area contributed by atoms with Crippen molar-refractivity contribution in [2.24, 2.45) is 0 Å². The molecule has 0 bridgehead atoms. The smallest absolute Gasteiger partial charge is 0.240 e. The van der Waals surface area contributed by atoms with Gasteiger partial charge in [-0.05, 0) is 67.3 Å². The average Bonchev–Trinajstić information content (AvgIpc) is 3.51. The van der Waals surface area contributed by atoms with Crippen LogP contribution in [-0.4, -0.2) is 43.6 Å². The van der Waals surface area contributed by atoms with Crippen molar-refractivity contribution in [3.8, 4) is 11.5 Å². The summed E-state index contributed by atoms with van der Waals surface area (Å²) in [6, 6.07) is 10.5. The van der Waals surface area contributed by atoms with E-state index in [4.69, 9.17) is 9.47 Å². The van der Waals surface area contributed by atoms with E-state index in [1.807, 2.05) is 0 Å². The Hall–Kier alpha value is -2.14. The zero-order valence-corrected chi connectivity index (χ0v) is 17.8. The van der Waals surface area contributed by atoms with E-state index in [0.717, 1.165) is 18.4 Å². The molecule has 0 saturated heterocycles. The molecular weight excluding hydrogens is 416 g/mol. The summed E-state index contributed by atoms with van der Waals surface area (Å²) in [5.41, 5.74) is 0.808. The van der Waals surface area contributed by atoms with Crippen LogP contribution in [0.15, 0.2) is 52.3 Å². The van der Waals surface area contributed by atoms with E-state index in [0.29, 0.717) is 17.9 Å². The van der Waals surface area contributed by atoms with Gasteiger partial charge in [-0.25, -0.2) is 26.3 Å². The summed E-state index contributed by atoms with van der Waals surface area (Å²) in [7, 11) is -4.29. The molecular formula is C19H24N2O6S2. The van der Waals surface area contributed by atoms with Gasteiger partial charge in [-0.1, -0.05) is 0 Å². The number of hydrogen-bond acceptors (Lipinski definition) is 6. The van der Waals surface area contributed by atoms with E-state index in [-0.39, 0.29) is 22.4 Å². The largest absolute Gasteiger partial charge is 0.497 e. The van der Waals surface area contributed by atoms with Gasteiger partial charge >= 0.3 is 0 Å². The van der Waals surface area contributed by atoms with E-state index in [1.165, 1.54) is 24.3 Å². The molecule has 0 radical (unpaired) electrons. The summed E-state index contributed by atoms with van der Waals surface area (Å²) in [5.74, 6) is 1.29. The predicted molar refractivity (Wildman–Crippen MR) is 108 cm³/mol. The Morgan fingerprint density at radius 3 is 2.07 bits per heavy atom. The predicted octanol–water partition coefficient (Wildman–Crippen LogP) is 1.67. The molecule has 1 aliphatic rings. The Labute approximate surface area is 171 Å². The molecule has 1 fully saturated rings. The highest BCUT2D eigenvalue weighted by molar-refractivity contribution is 7.90. The molecule has 0 unspecified atom stereocenters. The lowest BCUT2D eigenvalue weighted by Gasteiger charge is -2.12. The van der Waals surface area contributed by atoms with Crippen molar-refractivity contribution < 1.29 is 26.3 Å². The van der Waals surface area contributed by atoms with Gasteiger partial charge in [0.05, 0.1) is 24.0 Å². The van der Waals surface area contributed by atoms with Crippen LogP contribution in [-0.2, 0) is 26.5 Å². The molecule has 3 rings (SSSR count). The summed E-state index contributed by atoms with van der Waals surface area (Å²) in [5, 5.41) is 0. The summed E-state index contributed by atoms with van der Waals surface area (Å²) in [6.07, 6.45) is 2.05. The molecule has 29 heavy (non-hydrogen) atoms.